The zero-order valence-corrected chi connectivity index (χ0v) is 24.0. The van der Waals surface area contributed by atoms with Crippen LogP contribution in [-0.2, 0) is 24.9 Å². The monoisotopic (exact) mass is 544 g/mol. The summed E-state index contributed by atoms with van der Waals surface area (Å²) in [6.45, 7) is 7.82. The molecule has 1 N–H and O–H groups in total. The van der Waals surface area contributed by atoms with E-state index in [0.29, 0.717) is 19.8 Å². The summed E-state index contributed by atoms with van der Waals surface area (Å²) in [6, 6.07) is 6.18. The van der Waals surface area contributed by atoms with Crippen LogP contribution in [0.5, 0.6) is 0 Å². The zero-order valence-electron chi connectivity index (χ0n) is 23.1. The van der Waals surface area contributed by atoms with Crippen molar-refractivity contribution in [2.75, 3.05) is 44.4 Å². The number of anilines is 1. The molecule has 0 aromatic heterocycles. The molecule has 3 aliphatic heterocycles. The number of hydrogen-bond donors (Lipinski definition) is 1. The Kier molecular flexibility index (Phi) is 11.0. The predicted octanol–water partition coefficient (Wildman–Crippen LogP) is 4.98. The Balaban J connectivity index is 1.14. The van der Waals surface area contributed by atoms with Gasteiger partial charge in [-0.2, -0.15) is 0 Å². The molecule has 4 rings (SSSR count). The molecule has 9 heteroatoms. The number of nitrogens with one attached hydrogen (secondary N) is 1. The molecule has 2 amide bonds. The van der Waals surface area contributed by atoms with Gasteiger partial charge in [-0.1, -0.05) is 51.5 Å². The molecule has 0 bridgehead atoms. The summed E-state index contributed by atoms with van der Waals surface area (Å²) >= 11 is 1.40. The van der Waals surface area contributed by atoms with Crippen molar-refractivity contribution in [3.63, 3.8) is 0 Å². The fourth-order valence-electron chi connectivity index (χ4n) is 5.40. The third-order valence-corrected chi connectivity index (χ3v) is 8.68. The number of piperidine rings is 1. The third-order valence-electron chi connectivity index (χ3n) is 7.83. The Morgan fingerprint density at radius 3 is 2.55 bits per heavy atom. The Bertz CT molecular complexity index is 977. The second-order valence-electron chi connectivity index (χ2n) is 10.7. The summed E-state index contributed by atoms with van der Waals surface area (Å²) in [5.41, 5.74) is 2.74. The van der Waals surface area contributed by atoms with Crippen LogP contribution in [0.4, 0.5) is 5.69 Å². The first kappa shape index (κ1) is 29.1. The summed E-state index contributed by atoms with van der Waals surface area (Å²) in [7, 11) is 0. The van der Waals surface area contributed by atoms with E-state index in [0.717, 1.165) is 62.3 Å². The van der Waals surface area contributed by atoms with Crippen LogP contribution in [0.15, 0.2) is 23.2 Å². The van der Waals surface area contributed by atoms with Crippen LogP contribution >= 0.6 is 12.2 Å². The normalized spacial score (nSPS) is 19.7. The van der Waals surface area contributed by atoms with Crippen LogP contribution in [0.2, 0.25) is 0 Å². The topological polar surface area (TPSA) is 83.5 Å². The maximum absolute atomic E-state index is 12.8. The first-order valence-electron chi connectivity index (χ1n) is 14.4. The van der Waals surface area contributed by atoms with E-state index < -0.39 is 5.54 Å². The highest BCUT2D eigenvalue weighted by Gasteiger charge is 2.45. The van der Waals surface area contributed by atoms with Gasteiger partial charge in [0.25, 0.3) is 11.8 Å². The van der Waals surface area contributed by atoms with Crippen LogP contribution in [0.3, 0.4) is 0 Å². The largest absolute Gasteiger partial charge is 0.370 e. The molecule has 38 heavy (non-hydrogen) atoms. The lowest BCUT2D eigenvalue weighted by atomic mass is 9.89. The maximum Gasteiger partial charge on any atom is 0.253 e. The van der Waals surface area contributed by atoms with E-state index in [1.807, 2.05) is 6.07 Å². The lowest BCUT2D eigenvalue weighted by molar-refractivity contribution is -0.126. The van der Waals surface area contributed by atoms with Crippen molar-refractivity contribution in [3.8, 4) is 0 Å². The quantitative estimate of drug-likeness (QED) is 0.202. The van der Waals surface area contributed by atoms with Crippen molar-refractivity contribution in [2.45, 2.75) is 90.0 Å². The van der Waals surface area contributed by atoms with Gasteiger partial charge >= 0.3 is 0 Å². The Morgan fingerprint density at radius 2 is 1.82 bits per heavy atom. The first-order valence-corrected chi connectivity index (χ1v) is 15.1. The number of amides is 2. The Hall–Kier alpha value is -1.94. The van der Waals surface area contributed by atoms with Gasteiger partial charge in [0, 0.05) is 31.7 Å². The van der Waals surface area contributed by atoms with E-state index in [-0.39, 0.29) is 18.4 Å². The molecule has 1 aromatic rings. The van der Waals surface area contributed by atoms with Crippen LogP contribution in [0.25, 0.3) is 0 Å². The van der Waals surface area contributed by atoms with Gasteiger partial charge in [-0.05, 0) is 55.9 Å². The van der Waals surface area contributed by atoms with Gasteiger partial charge in [0.1, 0.15) is 18.0 Å². The fraction of sp³-hybridized carbons (Fsp3) is 0.690. The lowest BCUT2D eigenvalue weighted by Gasteiger charge is -2.33. The van der Waals surface area contributed by atoms with Gasteiger partial charge in [0.05, 0.1) is 25.4 Å². The van der Waals surface area contributed by atoms with Crippen LogP contribution < -0.4 is 10.2 Å². The van der Waals surface area contributed by atoms with Gasteiger partial charge in [0.2, 0.25) is 0 Å². The summed E-state index contributed by atoms with van der Waals surface area (Å²) in [4.78, 5) is 31.5. The summed E-state index contributed by atoms with van der Waals surface area (Å²) in [5, 5.41) is 3.07. The molecule has 1 spiro atoms. The van der Waals surface area contributed by atoms with E-state index in [2.05, 4.69) is 35.6 Å². The zero-order chi connectivity index (χ0) is 26.8. The molecule has 210 valence electrons. The lowest BCUT2D eigenvalue weighted by Crippen LogP contribution is -2.47. The minimum absolute atomic E-state index is 0.0108. The Labute approximate surface area is 232 Å². The van der Waals surface area contributed by atoms with Gasteiger partial charge < -0.3 is 19.1 Å². The summed E-state index contributed by atoms with van der Waals surface area (Å²) in [6.07, 6.45) is 12.0. The summed E-state index contributed by atoms with van der Waals surface area (Å²) in [5.74, 6) is 0.982. The second-order valence-corrected chi connectivity index (χ2v) is 11.6. The molecule has 0 unspecified atom stereocenters. The van der Waals surface area contributed by atoms with E-state index in [1.54, 1.807) is 4.90 Å². The highest BCUT2D eigenvalue weighted by Crippen LogP contribution is 2.33. The Morgan fingerprint density at radius 1 is 1.05 bits per heavy atom. The van der Waals surface area contributed by atoms with Gasteiger partial charge in [0.15, 0.2) is 0 Å². The number of rotatable bonds is 14. The number of carbonyl (C=O) groups is 2. The smallest absolute Gasteiger partial charge is 0.253 e. The van der Waals surface area contributed by atoms with E-state index >= 15 is 0 Å². The first-order chi connectivity index (χ1) is 18.5. The maximum atomic E-state index is 12.8. The SMILES string of the molecule is CCCCCCCCCC1=NC2(CCN(SOCCc3ccc(N4CCOCC4=O)cc3C)CC2)C(=O)N1. The number of nitrogens with zero attached hydrogens (tertiary/aromatic N) is 3. The van der Waals surface area contributed by atoms with E-state index in [9.17, 15) is 9.59 Å². The number of benzene rings is 1. The molecule has 8 nitrogen and oxygen atoms in total. The minimum Gasteiger partial charge on any atom is -0.370 e. The number of aryl methyl sites for hydroxylation is 1. The molecule has 0 atom stereocenters. The fourth-order valence-corrected chi connectivity index (χ4v) is 6.04. The van der Waals surface area contributed by atoms with Crippen LogP contribution in [0.1, 0.15) is 82.3 Å². The van der Waals surface area contributed by atoms with E-state index in [1.165, 1.54) is 56.3 Å². The average Bonchev–Trinajstić information content (AvgIpc) is 3.22. The molecule has 2 saturated heterocycles. The molecule has 0 saturated carbocycles. The van der Waals surface area contributed by atoms with Gasteiger partial charge in [-0.3, -0.25) is 14.6 Å². The molecular weight excluding hydrogens is 500 g/mol. The molecular formula is C29H44N4O4S. The van der Waals surface area contributed by atoms with Crippen LogP contribution in [-0.4, -0.2) is 66.9 Å². The number of hydrogen-bond acceptors (Lipinski definition) is 7. The van der Waals surface area contributed by atoms with Crippen molar-refractivity contribution in [3.05, 3.63) is 29.3 Å². The highest BCUT2D eigenvalue weighted by molar-refractivity contribution is 7.92. The van der Waals surface area contributed by atoms with E-state index in [4.69, 9.17) is 13.9 Å². The number of amidine groups is 1. The van der Waals surface area contributed by atoms with Gasteiger partial charge in [-0.15, -0.1) is 0 Å². The molecule has 0 aliphatic carbocycles. The number of ether oxygens (including phenoxy) is 1. The molecule has 3 heterocycles. The highest BCUT2D eigenvalue weighted by atomic mass is 32.2. The van der Waals surface area contributed by atoms with Crippen molar-refractivity contribution in [1.82, 2.24) is 9.62 Å². The van der Waals surface area contributed by atoms with Crippen molar-refractivity contribution in [1.29, 1.82) is 0 Å². The van der Waals surface area contributed by atoms with Crippen molar-refractivity contribution >= 4 is 35.6 Å². The number of morpholine rings is 1. The number of aliphatic imine (C=N–C) groups is 1. The predicted molar refractivity (Wildman–Crippen MR) is 153 cm³/mol. The average molecular weight is 545 g/mol. The minimum atomic E-state index is -0.575. The van der Waals surface area contributed by atoms with Gasteiger partial charge in [-0.25, -0.2) is 4.31 Å². The number of carbonyl (C=O) groups excluding carboxylic acids is 2. The third kappa shape index (κ3) is 7.81. The molecule has 3 aliphatic rings. The molecule has 2 fully saturated rings. The number of unbranched alkanes of at least 4 members (excludes halogenated alkanes) is 6. The molecule has 0 radical (unpaired) electrons. The van der Waals surface area contributed by atoms with Crippen molar-refractivity contribution in [2.24, 2.45) is 4.99 Å². The van der Waals surface area contributed by atoms with Crippen LogP contribution in [0, 0.1) is 6.92 Å². The second kappa shape index (κ2) is 14.4. The molecule has 1 aromatic carbocycles. The summed E-state index contributed by atoms with van der Waals surface area (Å²) < 4.78 is 13.3. The standard InChI is InChI=1S/C29H44N4O4S/c1-3-4-5-6-7-8-9-10-26-30-28(35)29(31-26)14-16-32(17-15-29)38-37-19-13-24-11-12-25(21-23(24)2)33-18-20-36-22-27(33)34/h11-12,21H,3-10,13-20,22H2,1-2H3,(H,30,31,35). The van der Waals surface area contributed by atoms with Crippen molar-refractivity contribution < 1.29 is 18.5 Å².